The molecule has 29 heavy (non-hydrogen) atoms. The normalized spacial score (nSPS) is 12.2. The summed E-state index contributed by atoms with van der Waals surface area (Å²) >= 11 is 0. The van der Waals surface area contributed by atoms with Crippen molar-refractivity contribution in [2.24, 2.45) is 0 Å². The number of hydrogen-bond donors (Lipinski definition) is 2. The molecule has 0 aliphatic carbocycles. The first-order valence-electron chi connectivity index (χ1n) is 9.12. The number of ether oxygens (including phenoxy) is 3. The number of benzene rings is 2. The van der Waals surface area contributed by atoms with Crippen LogP contribution in [0.4, 0.5) is 23.1 Å². The van der Waals surface area contributed by atoms with Gasteiger partial charge in [-0.1, -0.05) is 12.1 Å². The maximum Gasteiger partial charge on any atom is 0.340 e. The summed E-state index contributed by atoms with van der Waals surface area (Å²) < 4.78 is 16.2. The first kappa shape index (κ1) is 18.5. The minimum atomic E-state index is -0.422. The van der Waals surface area contributed by atoms with Crippen LogP contribution in [0.1, 0.15) is 17.3 Å². The van der Waals surface area contributed by atoms with E-state index in [1.807, 2.05) is 18.2 Å². The molecule has 1 aromatic heterocycles. The van der Waals surface area contributed by atoms with Crippen LogP contribution < -0.4 is 20.1 Å². The fourth-order valence-electron chi connectivity index (χ4n) is 2.79. The third kappa shape index (κ3) is 4.34. The lowest BCUT2D eigenvalue weighted by atomic mass is 10.2. The molecule has 0 bridgehead atoms. The van der Waals surface area contributed by atoms with Crippen molar-refractivity contribution in [1.82, 2.24) is 15.2 Å². The Morgan fingerprint density at radius 3 is 2.79 bits per heavy atom. The molecule has 9 nitrogen and oxygen atoms in total. The predicted molar refractivity (Wildman–Crippen MR) is 106 cm³/mol. The van der Waals surface area contributed by atoms with E-state index in [0.717, 1.165) is 5.69 Å². The number of aromatic nitrogens is 3. The fraction of sp³-hybridized carbons (Fsp3) is 0.200. The molecule has 0 fully saturated rings. The van der Waals surface area contributed by atoms with Gasteiger partial charge >= 0.3 is 5.97 Å². The van der Waals surface area contributed by atoms with E-state index in [9.17, 15) is 4.79 Å². The highest BCUT2D eigenvalue weighted by atomic mass is 16.6. The van der Waals surface area contributed by atoms with Gasteiger partial charge in [0.2, 0.25) is 5.95 Å². The predicted octanol–water partition coefficient (Wildman–Crippen LogP) is 3.31. The number of carbonyl (C=O) groups excluding carboxylic acids is 1. The van der Waals surface area contributed by atoms with Crippen LogP contribution >= 0.6 is 0 Å². The number of nitrogens with one attached hydrogen (secondary N) is 2. The SMILES string of the molecule is CCOC(=O)c1ccccc1Nc1nncc(Nc2ccc3c(c2)OCCO3)n1. The number of fused-ring (bicyclic) bond motifs is 1. The first-order valence-corrected chi connectivity index (χ1v) is 9.12. The Hall–Kier alpha value is -3.88. The van der Waals surface area contributed by atoms with Crippen molar-refractivity contribution < 1.29 is 19.0 Å². The standard InChI is InChI=1S/C20H19N5O4/c1-2-27-19(26)14-5-3-4-6-15(14)23-20-24-18(12-21-25-20)22-13-7-8-16-17(11-13)29-10-9-28-16/h3-8,11-12H,2,9-10H2,1H3,(H2,22,23,24,25). The van der Waals surface area contributed by atoms with Crippen LogP contribution in [0.3, 0.4) is 0 Å². The number of rotatable bonds is 6. The molecule has 2 aromatic carbocycles. The van der Waals surface area contributed by atoms with Gasteiger partial charge in [-0.15, -0.1) is 5.10 Å². The van der Waals surface area contributed by atoms with Gasteiger partial charge < -0.3 is 24.8 Å². The number of hydrogen-bond acceptors (Lipinski definition) is 9. The second-order valence-electron chi connectivity index (χ2n) is 6.04. The smallest absolute Gasteiger partial charge is 0.340 e. The van der Waals surface area contributed by atoms with Gasteiger partial charge in [-0.2, -0.15) is 10.1 Å². The average molecular weight is 393 g/mol. The average Bonchev–Trinajstić information content (AvgIpc) is 2.74. The molecule has 0 saturated heterocycles. The van der Waals surface area contributed by atoms with Gasteiger partial charge in [-0.05, 0) is 31.2 Å². The lowest BCUT2D eigenvalue weighted by Gasteiger charge is -2.19. The number of para-hydroxylation sites is 1. The van der Waals surface area contributed by atoms with Crippen molar-refractivity contribution in [2.45, 2.75) is 6.92 Å². The molecule has 1 aliphatic rings. The van der Waals surface area contributed by atoms with E-state index in [1.54, 1.807) is 31.2 Å². The molecule has 2 N–H and O–H groups in total. The molecule has 4 rings (SSSR count). The maximum absolute atomic E-state index is 12.1. The van der Waals surface area contributed by atoms with Crippen molar-refractivity contribution in [1.29, 1.82) is 0 Å². The largest absolute Gasteiger partial charge is 0.486 e. The fourth-order valence-corrected chi connectivity index (χ4v) is 2.79. The third-order valence-corrected chi connectivity index (χ3v) is 4.04. The van der Waals surface area contributed by atoms with Crippen molar-refractivity contribution >= 4 is 29.1 Å². The van der Waals surface area contributed by atoms with Gasteiger partial charge in [-0.25, -0.2) is 4.79 Å². The number of esters is 1. The van der Waals surface area contributed by atoms with Gasteiger partial charge in [0.05, 0.1) is 24.1 Å². The third-order valence-electron chi connectivity index (χ3n) is 4.04. The van der Waals surface area contributed by atoms with E-state index in [2.05, 4.69) is 25.8 Å². The lowest BCUT2D eigenvalue weighted by Crippen LogP contribution is -2.15. The first-order chi connectivity index (χ1) is 14.2. The van der Waals surface area contributed by atoms with Crippen LogP contribution in [-0.2, 0) is 4.74 Å². The molecule has 0 spiro atoms. The molecule has 0 amide bonds. The van der Waals surface area contributed by atoms with E-state index >= 15 is 0 Å². The number of anilines is 4. The van der Waals surface area contributed by atoms with E-state index in [4.69, 9.17) is 14.2 Å². The summed E-state index contributed by atoms with van der Waals surface area (Å²) in [6.07, 6.45) is 1.50. The van der Waals surface area contributed by atoms with Crippen LogP contribution in [0.2, 0.25) is 0 Å². The summed E-state index contributed by atoms with van der Waals surface area (Å²) in [7, 11) is 0. The molecular formula is C20H19N5O4. The van der Waals surface area contributed by atoms with Gasteiger partial charge in [0, 0.05) is 11.8 Å². The molecule has 1 aliphatic heterocycles. The van der Waals surface area contributed by atoms with Gasteiger partial charge in [0.25, 0.3) is 0 Å². The Morgan fingerprint density at radius 1 is 1.10 bits per heavy atom. The molecule has 148 valence electrons. The van der Waals surface area contributed by atoms with Crippen LogP contribution in [0, 0.1) is 0 Å². The van der Waals surface area contributed by atoms with E-state index in [1.165, 1.54) is 6.20 Å². The highest BCUT2D eigenvalue weighted by Crippen LogP contribution is 2.33. The minimum absolute atomic E-state index is 0.240. The molecule has 0 radical (unpaired) electrons. The molecule has 9 heteroatoms. The Kier molecular flexibility index (Phi) is 5.37. The second-order valence-corrected chi connectivity index (χ2v) is 6.04. The van der Waals surface area contributed by atoms with Crippen molar-refractivity contribution in [3.8, 4) is 11.5 Å². The van der Waals surface area contributed by atoms with E-state index in [0.29, 0.717) is 48.4 Å². The van der Waals surface area contributed by atoms with Gasteiger partial charge in [0.1, 0.15) is 13.2 Å². The molecule has 3 aromatic rings. The Morgan fingerprint density at radius 2 is 1.93 bits per heavy atom. The topological polar surface area (TPSA) is 107 Å². The highest BCUT2D eigenvalue weighted by molar-refractivity contribution is 5.96. The summed E-state index contributed by atoms with van der Waals surface area (Å²) in [6.45, 7) is 3.10. The summed E-state index contributed by atoms with van der Waals surface area (Å²) in [6, 6.07) is 12.5. The Bertz CT molecular complexity index is 1030. The minimum Gasteiger partial charge on any atom is -0.486 e. The summed E-state index contributed by atoms with van der Waals surface area (Å²) in [5.41, 5.74) is 1.69. The quantitative estimate of drug-likeness (QED) is 0.610. The van der Waals surface area contributed by atoms with Gasteiger partial charge in [0.15, 0.2) is 17.3 Å². The second kappa shape index (κ2) is 8.42. The van der Waals surface area contributed by atoms with Crippen LogP contribution in [0.5, 0.6) is 11.5 Å². The van der Waals surface area contributed by atoms with Gasteiger partial charge in [-0.3, -0.25) is 0 Å². The number of nitrogens with zero attached hydrogens (tertiary/aromatic N) is 3. The summed E-state index contributed by atoms with van der Waals surface area (Å²) in [5, 5.41) is 14.1. The Labute approximate surface area is 167 Å². The van der Waals surface area contributed by atoms with Crippen molar-refractivity contribution in [3.05, 3.63) is 54.2 Å². The van der Waals surface area contributed by atoms with Crippen LogP contribution in [0.25, 0.3) is 0 Å². The summed E-state index contributed by atoms with van der Waals surface area (Å²) in [4.78, 5) is 16.5. The molecule has 0 atom stereocenters. The maximum atomic E-state index is 12.1. The Balaban J connectivity index is 1.52. The van der Waals surface area contributed by atoms with Crippen LogP contribution in [-0.4, -0.2) is 41.0 Å². The zero-order chi connectivity index (χ0) is 20.1. The van der Waals surface area contributed by atoms with Crippen molar-refractivity contribution in [3.63, 3.8) is 0 Å². The zero-order valence-electron chi connectivity index (χ0n) is 15.7. The molecule has 0 saturated carbocycles. The summed E-state index contributed by atoms with van der Waals surface area (Å²) in [5.74, 6) is 1.68. The number of carbonyl (C=O) groups is 1. The monoisotopic (exact) mass is 393 g/mol. The molecule has 2 heterocycles. The van der Waals surface area contributed by atoms with Crippen LogP contribution in [0.15, 0.2) is 48.7 Å². The highest BCUT2D eigenvalue weighted by Gasteiger charge is 2.14. The molecule has 0 unspecified atom stereocenters. The van der Waals surface area contributed by atoms with Crippen molar-refractivity contribution in [2.75, 3.05) is 30.5 Å². The lowest BCUT2D eigenvalue weighted by molar-refractivity contribution is 0.0527. The molecular weight excluding hydrogens is 374 g/mol. The van der Waals surface area contributed by atoms with E-state index < -0.39 is 5.97 Å². The van der Waals surface area contributed by atoms with E-state index in [-0.39, 0.29) is 5.95 Å². The zero-order valence-corrected chi connectivity index (χ0v) is 15.7.